The molecule has 7 heteroatoms. The Morgan fingerprint density at radius 2 is 1.96 bits per heavy atom. The van der Waals surface area contributed by atoms with Gasteiger partial charge in [-0.2, -0.15) is 5.10 Å². The standard InChI is InChI=1S/C18H14BrClN2O2S/c1-2-24-18(23)15-11-17(25-13-9-7-12(19)8-10-13)22(21-15)16-6-4-3-5-14(16)20/h3-11H,2H2,1H3. The van der Waals surface area contributed by atoms with E-state index >= 15 is 0 Å². The van der Waals surface area contributed by atoms with Crippen LogP contribution >= 0.6 is 39.3 Å². The van der Waals surface area contributed by atoms with Gasteiger partial charge in [-0.05, 0) is 43.3 Å². The molecule has 0 atom stereocenters. The Balaban J connectivity index is 2.03. The molecule has 1 heterocycles. The van der Waals surface area contributed by atoms with Crippen LogP contribution in [0.25, 0.3) is 5.69 Å². The molecule has 0 bridgehead atoms. The molecule has 0 saturated heterocycles. The highest BCUT2D eigenvalue weighted by atomic mass is 79.9. The number of para-hydroxylation sites is 1. The number of carbonyl (C=O) groups is 1. The van der Waals surface area contributed by atoms with Crippen LogP contribution in [0.3, 0.4) is 0 Å². The first-order chi connectivity index (χ1) is 12.1. The summed E-state index contributed by atoms with van der Waals surface area (Å²) in [5, 5.41) is 5.73. The topological polar surface area (TPSA) is 44.1 Å². The maximum atomic E-state index is 12.1. The minimum atomic E-state index is -0.453. The monoisotopic (exact) mass is 436 g/mol. The summed E-state index contributed by atoms with van der Waals surface area (Å²) in [6, 6.07) is 17.0. The summed E-state index contributed by atoms with van der Waals surface area (Å²) in [6.07, 6.45) is 0. The Morgan fingerprint density at radius 1 is 1.24 bits per heavy atom. The number of halogens is 2. The van der Waals surface area contributed by atoms with Crippen LogP contribution in [-0.4, -0.2) is 22.4 Å². The molecule has 0 aliphatic heterocycles. The first kappa shape index (κ1) is 18.0. The molecule has 0 N–H and O–H groups in total. The molecule has 0 aliphatic carbocycles. The van der Waals surface area contributed by atoms with Crippen LogP contribution in [0.15, 0.2) is 69.0 Å². The highest BCUT2D eigenvalue weighted by Gasteiger charge is 2.18. The minimum Gasteiger partial charge on any atom is -0.461 e. The van der Waals surface area contributed by atoms with Gasteiger partial charge in [0.2, 0.25) is 0 Å². The van der Waals surface area contributed by atoms with Gasteiger partial charge in [0.1, 0.15) is 5.03 Å². The van der Waals surface area contributed by atoms with Crippen LogP contribution in [0.5, 0.6) is 0 Å². The van der Waals surface area contributed by atoms with Gasteiger partial charge in [-0.3, -0.25) is 0 Å². The lowest BCUT2D eigenvalue weighted by atomic mass is 10.3. The van der Waals surface area contributed by atoms with Crippen molar-refractivity contribution in [2.75, 3.05) is 6.61 Å². The lowest BCUT2D eigenvalue weighted by Crippen LogP contribution is -2.07. The van der Waals surface area contributed by atoms with E-state index in [1.54, 1.807) is 23.7 Å². The molecule has 0 amide bonds. The highest BCUT2D eigenvalue weighted by Crippen LogP contribution is 2.33. The van der Waals surface area contributed by atoms with Gasteiger partial charge in [0.15, 0.2) is 5.69 Å². The molecule has 3 rings (SSSR count). The highest BCUT2D eigenvalue weighted by molar-refractivity contribution is 9.10. The number of ether oxygens (including phenoxy) is 1. The molecular formula is C18H14BrClN2O2S. The molecule has 0 saturated carbocycles. The molecule has 3 aromatic rings. The van der Waals surface area contributed by atoms with E-state index in [-0.39, 0.29) is 5.69 Å². The van der Waals surface area contributed by atoms with Crippen LogP contribution in [0, 0.1) is 0 Å². The van der Waals surface area contributed by atoms with Crippen LogP contribution in [0.4, 0.5) is 0 Å². The van der Waals surface area contributed by atoms with Crippen molar-refractivity contribution < 1.29 is 9.53 Å². The average Bonchev–Trinajstić information content (AvgIpc) is 3.01. The van der Waals surface area contributed by atoms with Gasteiger partial charge < -0.3 is 4.74 Å². The number of hydrogen-bond acceptors (Lipinski definition) is 4. The van der Waals surface area contributed by atoms with Crippen LogP contribution in [0.2, 0.25) is 5.02 Å². The van der Waals surface area contributed by atoms with Crippen molar-refractivity contribution in [1.82, 2.24) is 9.78 Å². The van der Waals surface area contributed by atoms with Gasteiger partial charge in [0.25, 0.3) is 0 Å². The first-order valence-electron chi connectivity index (χ1n) is 7.54. The molecule has 0 aliphatic rings. The third-order valence-corrected chi connectivity index (χ3v) is 5.13. The second kappa shape index (κ2) is 8.08. The zero-order chi connectivity index (χ0) is 17.8. The predicted octanol–water partition coefficient (Wildman–Crippen LogP) is 5.62. The van der Waals surface area contributed by atoms with Crippen molar-refractivity contribution in [3.63, 3.8) is 0 Å². The molecule has 0 fully saturated rings. The second-order valence-corrected chi connectivity index (χ2v) is 7.42. The summed E-state index contributed by atoms with van der Waals surface area (Å²) < 4.78 is 7.74. The summed E-state index contributed by atoms with van der Waals surface area (Å²) in [5.74, 6) is -0.453. The number of nitrogens with zero attached hydrogens (tertiary/aromatic N) is 2. The molecular weight excluding hydrogens is 424 g/mol. The number of hydrogen-bond donors (Lipinski definition) is 0. The number of aromatic nitrogens is 2. The van der Waals surface area contributed by atoms with Crippen molar-refractivity contribution in [2.45, 2.75) is 16.8 Å². The Hall–Kier alpha value is -1.76. The summed E-state index contributed by atoms with van der Waals surface area (Å²) in [4.78, 5) is 13.1. The minimum absolute atomic E-state index is 0.251. The molecule has 2 aromatic carbocycles. The second-order valence-electron chi connectivity index (χ2n) is 5.01. The van der Waals surface area contributed by atoms with E-state index in [4.69, 9.17) is 16.3 Å². The first-order valence-corrected chi connectivity index (χ1v) is 9.52. The number of carbonyl (C=O) groups excluding carboxylic acids is 1. The summed E-state index contributed by atoms with van der Waals surface area (Å²) >= 11 is 11.2. The third kappa shape index (κ3) is 4.26. The van der Waals surface area contributed by atoms with E-state index < -0.39 is 5.97 Å². The summed E-state index contributed by atoms with van der Waals surface area (Å²) in [5.41, 5.74) is 0.959. The van der Waals surface area contributed by atoms with Crippen LogP contribution in [-0.2, 0) is 4.74 Å². The third-order valence-electron chi connectivity index (χ3n) is 3.28. The molecule has 25 heavy (non-hydrogen) atoms. The molecule has 4 nitrogen and oxygen atoms in total. The van der Waals surface area contributed by atoms with Crippen molar-refractivity contribution in [2.24, 2.45) is 0 Å². The van der Waals surface area contributed by atoms with E-state index in [9.17, 15) is 4.79 Å². The molecule has 0 unspecified atom stereocenters. The Morgan fingerprint density at radius 3 is 2.64 bits per heavy atom. The van der Waals surface area contributed by atoms with Gasteiger partial charge in [0, 0.05) is 15.4 Å². The number of esters is 1. The fraction of sp³-hybridized carbons (Fsp3) is 0.111. The van der Waals surface area contributed by atoms with Gasteiger partial charge in [-0.15, -0.1) is 0 Å². The van der Waals surface area contributed by atoms with E-state index in [1.807, 2.05) is 42.5 Å². The lowest BCUT2D eigenvalue weighted by molar-refractivity contribution is 0.0519. The normalized spacial score (nSPS) is 10.7. The van der Waals surface area contributed by atoms with Gasteiger partial charge in [-0.25, -0.2) is 9.48 Å². The lowest BCUT2D eigenvalue weighted by Gasteiger charge is -2.08. The Kier molecular flexibility index (Phi) is 5.83. The number of rotatable bonds is 5. The van der Waals surface area contributed by atoms with Crippen molar-refractivity contribution in [1.29, 1.82) is 0 Å². The fourth-order valence-corrected chi connectivity index (χ4v) is 3.55. The molecule has 1 aromatic heterocycles. The van der Waals surface area contributed by atoms with Crippen LogP contribution in [0.1, 0.15) is 17.4 Å². The van der Waals surface area contributed by atoms with Crippen molar-refractivity contribution >= 4 is 45.3 Å². The smallest absolute Gasteiger partial charge is 0.358 e. The molecule has 0 spiro atoms. The fourth-order valence-electron chi connectivity index (χ4n) is 2.16. The van der Waals surface area contributed by atoms with Crippen molar-refractivity contribution in [3.8, 4) is 5.69 Å². The van der Waals surface area contributed by atoms with E-state index in [0.717, 1.165) is 14.4 Å². The SMILES string of the molecule is CCOC(=O)c1cc(Sc2ccc(Br)cc2)n(-c2ccccc2Cl)n1. The quantitative estimate of drug-likeness (QED) is 0.486. The summed E-state index contributed by atoms with van der Waals surface area (Å²) in [6.45, 7) is 2.06. The summed E-state index contributed by atoms with van der Waals surface area (Å²) in [7, 11) is 0. The van der Waals surface area contributed by atoms with Gasteiger partial charge >= 0.3 is 5.97 Å². The Labute approximate surface area is 163 Å². The van der Waals surface area contributed by atoms with E-state index in [2.05, 4.69) is 21.0 Å². The molecule has 0 radical (unpaired) electrons. The molecule has 128 valence electrons. The Bertz CT molecular complexity index is 896. The zero-order valence-corrected chi connectivity index (χ0v) is 16.4. The van der Waals surface area contributed by atoms with Gasteiger partial charge in [0.05, 0.1) is 17.3 Å². The maximum absolute atomic E-state index is 12.1. The average molecular weight is 438 g/mol. The maximum Gasteiger partial charge on any atom is 0.358 e. The van der Waals surface area contributed by atoms with Crippen molar-refractivity contribution in [3.05, 3.63) is 69.8 Å². The zero-order valence-electron chi connectivity index (χ0n) is 13.3. The van der Waals surface area contributed by atoms with E-state index in [1.165, 1.54) is 11.8 Å². The predicted molar refractivity (Wildman–Crippen MR) is 103 cm³/mol. The number of benzene rings is 2. The van der Waals surface area contributed by atoms with Crippen LogP contribution < -0.4 is 0 Å². The van der Waals surface area contributed by atoms with E-state index in [0.29, 0.717) is 17.3 Å². The largest absolute Gasteiger partial charge is 0.461 e. The van der Waals surface area contributed by atoms with Gasteiger partial charge in [-0.1, -0.05) is 51.4 Å².